The first-order valence-corrected chi connectivity index (χ1v) is 2.83. The van der Waals surface area contributed by atoms with Crippen LogP contribution in [-0.2, 0) is 0 Å². The van der Waals surface area contributed by atoms with Crippen LogP contribution in [0.5, 0.6) is 0 Å². The minimum atomic E-state index is 0.620. The highest BCUT2D eigenvalue weighted by Gasteiger charge is 1.95. The summed E-state index contributed by atoms with van der Waals surface area (Å²) in [4.78, 5) is 0. The van der Waals surface area contributed by atoms with E-state index in [1.165, 1.54) is 0 Å². The molecule has 0 atom stereocenters. The van der Waals surface area contributed by atoms with Crippen LogP contribution in [0.15, 0.2) is 24.3 Å². The molecule has 1 radical (unpaired) electrons. The van der Waals surface area contributed by atoms with Gasteiger partial charge in [-0.25, -0.2) is 0 Å². The molecule has 0 bridgehead atoms. The molecular formula is C7H7BF. The Morgan fingerprint density at radius 3 is 2.44 bits per heavy atom. The number of halogens is 1. The number of benzene rings is 1. The highest BCUT2D eigenvalue weighted by Crippen LogP contribution is 1.91. The average molecular weight is 121 g/mol. The minimum absolute atomic E-state index is 0.620. The van der Waals surface area contributed by atoms with Crippen LogP contribution < -0.4 is 5.46 Å². The van der Waals surface area contributed by atoms with Gasteiger partial charge in [-0.2, -0.15) is 0 Å². The Bertz CT molecular complexity index is 198. The monoisotopic (exact) mass is 121 g/mol. The van der Waals surface area contributed by atoms with Gasteiger partial charge in [-0.05, 0) is 12.4 Å². The Kier molecular flexibility index (Phi) is 1.88. The molecule has 0 spiro atoms. The number of aryl methyl sites for hydroxylation is 1. The summed E-state index contributed by atoms with van der Waals surface area (Å²) in [5, 5.41) is 0. The SMILES string of the molecule is Cc1ccccc1[B]F. The second-order valence-corrected chi connectivity index (χ2v) is 1.97. The summed E-state index contributed by atoms with van der Waals surface area (Å²) in [6, 6.07) is 7.33. The Balaban J connectivity index is 3.01. The van der Waals surface area contributed by atoms with Crippen LogP contribution in [0.25, 0.3) is 0 Å². The van der Waals surface area contributed by atoms with Crippen molar-refractivity contribution in [3.63, 3.8) is 0 Å². The molecule has 0 amide bonds. The van der Waals surface area contributed by atoms with Crippen LogP contribution in [0.2, 0.25) is 0 Å². The van der Waals surface area contributed by atoms with Crippen molar-refractivity contribution >= 4 is 13.0 Å². The standard InChI is InChI=1S/C7H7BF/c1-6-4-2-3-5-7(6)8-9/h2-5H,1H3. The smallest absolute Gasteiger partial charge is 0.335 e. The highest BCUT2D eigenvalue weighted by atomic mass is 19.1. The van der Waals surface area contributed by atoms with Gasteiger partial charge >= 0.3 is 7.56 Å². The Morgan fingerprint density at radius 2 is 2.00 bits per heavy atom. The van der Waals surface area contributed by atoms with E-state index in [4.69, 9.17) is 0 Å². The fourth-order valence-electron chi connectivity index (χ4n) is 0.709. The molecule has 0 fully saturated rings. The van der Waals surface area contributed by atoms with Crippen molar-refractivity contribution in [3.8, 4) is 0 Å². The third-order valence-electron chi connectivity index (χ3n) is 1.31. The van der Waals surface area contributed by atoms with Gasteiger partial charge in [0.05, 0.1) is 0 Å². The molecule has 0 saturated heterocycles. The summed E-state index contributed by atoms with van der Waals surface area (Å²) in [6.07, 6.45) is 0. The van der Waals surface area contributed by atoms with Crippen molar-refractivity contribution < 1.29 is 4.32 Å². The predicted molar refractivity (Wildman–Crippen MR) is 37.7 cm³/mol. The maximum Gasteiger partial charge on any atom is 0.392 e. The molecule has 0 aliphatic rings. The number of hydrogen-bond donors (Lipinski definition) is 0. The summed E-state index contributed by atoms with van der Waals surface area (Å²) in [5.41, 5.74) is 1.64. The lowest BCUT2D eigenvalue weighted by molar-refractivity contribution is 0.884. The lowest BCUT2D eigenvalue weighted by Crippen LogP contribution is -2.12. The topological polar surface area (TPSA) is 0 Å². The van der Waals surface area contributed by atoms with E-state index in [1.807, 2.05) is 25.1 Å². The zero-order valence-corrected chi connectivity index (χ0v) is 5.26. The van der Waals surface area contributed by atoms with E-state index in [-0.39, 0.29) is 0 Å². The van der Waals surface area contributed by atoms with E-state index in [0.29, 0.717) is 13.0 Å². The highest BCUT2D eigenvalue weighted by molar-refractivity contribution is 6.46. The van der Waals surface area contributed by atoms with Gasteiger partial charge in [0.25, 0.3) is 0 Å². The molecule has 0 aliphatic carbocycles. The first-order chi connectivity index (χ1) is 4.34. The van der Waals surface area contributed by atoms with E-state index in [0.717, 1.165) is 5.56 Å². The van der Waals surface area contributed by atoms with Crippen LogP contribution >= 0.6 is 0 Å². The van der Waals surface area contributed by atoms with Gasteiger partial charge in [-0.15, -0.1) is 0 Å². The van der Waals surface area contributed by atoms with Crippen LogP contribution in [0.3, 0.4) is 0 Å². The molecule has 2 heteroatoms. The normalized spacial score (nSPS) is 9.11. The lowest BCUT2D eigenvalue weighted by Gasteiger charge is -1.95. The molecule has 0 aromatic heterocycles. The Hall–Kier alpha value is -0.785. The average Bonchev–Trinajstić information content (AvgIpc) is 1.89. The molecule has 9 heavy (non-hydrogen) atoms. The predicted octanol–water partition coefficient (Wildman–Crippen LogP) is 1.21. The lowest BCUT2D eigenvalue weighted by atomic mass is 9.87. The maximum atomic E-state index is 11.9. The first kappa shape index (κ1) is 6.34. The van der Waals surface area contributed by atoms with Gasteiger partial charge in [-0.3, -0.25) is 0 Å². The van der Waals surface area contributed by atoms with Crippen LogP contribution in [0.1, 0.15) is 5.56 Å². The van der Waals surface area contributed by atoms with Crippen molar-refractivity contribution in [3.05, 3.63) is 29.8 Å². The summed E-state index contributed by atoms with van der Waals surface area (Å²) in [6.45, 7) is 1.88. The van der Waals surface area contributed by atoms with E-state index in [1.54, 1.807) is 6.07 Å². The molecular weight excluding hydrogens is 114 g/mol. The van der Waals surface area contributed by atoms with Crippen molar-refractivity contribution in [2.75, 3.05) is 0 Å². The van der Waals surface area contributed by atoms with E-state index in [9.17, 15) is 4.32 Å². The molecule has 1 rings (SSSR count). The second kappa shape index (κ2) is 2.67. The maximum absolute atomic E-state index is 11.9. The van der Waals surface area contributed by atoms with Crippen molar-refractivity contribution in [2.45, 2.75) is 6.92 Å². The zero-order chi connectivity index (χ0) is 6.69. The summed E-state index contributed by atoms with van der Waals surface area (Å²) in [7, 11) is 0.620. The van der Waals surface area contributed by atoms with Gasteiger partial charge < -0.3 is 4.32 Å². The van der Waals surface area contributed by atoms with Crippen LogP contribution in [0.4, 0.5) is 4.32 Å². The van der Waals surface area contributed by atoms with E-state index in [2.05, 4.69) is 0 Å². The molecule has 45 valence electrons. The minimum Gasteiger partial charge on any atom is -0.335 e. The third-order valence-corrected chi connectivity index (χ3v) is 1.31. The Labute approximate surface area is 55.0 Å². The second-order valence-electron chi connectivity index (χ2n) is 1.97. The van der Waals surface area contributed by atoms with Crippen molar-refractivity contribution in [1.29, 1.82) is 0 Å². The molecule has 0 heterocycles. The molecule has 0 nitrogen and oxygen atoms in total. The van der Waals surface area contributed by atoms with Gasteiger partial charge in [0, 0.05) is 0 Å². The van der Waals surface area contributed by atoms with E-state index >= 15 is 0 Å². The van der Waals surface area contributed by atoms with Gasteiger partial charge in [0.15, 0.2) is 0 Å². The molecule has 1 aromatic rings. The molecule has 0 N–H and O–H groups in total. The Morgan fingerprint density at radius 1 is 1.33 bits per heavy atom. The third kappa shape index (κ3) is 1.32. The first-order valence-electron chi connectivity index (χ1n) is 2.83. The molecule has 0 unspecified atom stereocenters. The fraction of sp³-hybridized carbons (Fsp3) is 0.143. The van der Waals surface area contributed by atoms with Gasteiger partial charge in [0.2, 0.25) is 0 Å². The summed E-state index contributed by atoms with van der Waals surface area (Å²) < 4.78 is 11.9. The number of rotatable bonds is 1. The summed E-state index contributed by atoms with van der Waals surface area (Å²) in [5.74, 6) is 0. The van der Waals surface area contributed by atoms with Gasteiger partial charge in [0.1, 0.15) is 0 Å². The van der Waals surface area contributed by atoms with Crippen LogP contribution in [-0.4, -0.2) is 7.56 Å². The summed E-state index contributed by atoms with van der Waals surface area (Å²) >= 11 is 0. The largest absolute Gasteiger partial charge is 0.392 e. The fourth-order valence-corrected chi connectivity index (χ4v) is 0.709. The molecule has 0 saturated carbocycles. The molecule has 1 aromatic carbocycles. The van der Waals surface area contributed by atoms with Crippen molar-refractivity contribution in [1.82, 2.24) is 0 Å². The van der Waals surface area contributed by atoms with E-state index < -0.39 is 0 Å². The number of hydrogen-bond acceptors (Lipinski definition) is 0. The zero-order valence-electron chi connectivity index (χ0n) is 5.26. The van der Waals surface area contributed by atoms with Gasteiger partial charge in [-0.1, -0.05) is 29.8 Å². The van der Waals surface area contributed by atoms with Crippen molar-refractivity contribution in [2.24, 2.45) is 0 Å². The quantitative estimate of drug-likeness (QED) is 0.490. The molecule has 0 aliphatic heterocycles. The van der Waals surface area contributed by atoms with Crippen LogP contribution in [0, 0.1) is 6.92 Å².